The van der Waals surface area contributed by atoms with Crippen LogP contribution in [0.1, 0.15) is 46.5 Å². The van der Waals surface area contributed by atoms with E-state index in [-0.39, 0.29) is 0 Å². The van der Waals surface area contributed by atoms with Gasteiger partial charge in [0.05, 0.1) is 0 Å². The van der Waals surface area contributed by atoms with Gasteiger partial charge < -0.3 is 5.32 Å². The molecule has 0 heterocycles. The van der Waals surface area contributed by atoms with Crippen molar-refractivity contribution >= 4 is 6.41 Å². The molecule has 0 aliphatic rings. The van der Waals surface area contributed by atoms with E-state index in [2.05, 4.69) is 12.2 Å². The zero-order valence-electron chi connectivity index (χ0n) is 8.02. The van der Waals surface area contributed by atoms with Gasteiger partial charge in [-0.3, -0.25) is 4.79 Å². The number of hydrogen-bond acceptors (Lipinski definition) is 1. The molecule has 2 nitrogen and oxygen atoms in total. The summed E-state index contributed by atoms with van der Waals surface area (Å²) >= 11 is 0. The molecule has 1 amide bonds. The summed E-state index contributed by atoms with van der Waals surface area (Å²) in [4.78, 5) is 9.73. The average molecular weight is 159 g/mol. The van der Waals surface area contributed by atoms with Crippen molar-refractivity contribution in [2.75, 3.05) is 6.54 Å². The fourth-order valence-electron chi connectivity index (χ4n) is 0.713. The van der Waals surface area contributed by atoms with Crippen LogP contribution in [0.15, 0.2) is 0 Å². The third kappa shape index (κ3) is 17.7. The van der Waals surface area contributed by atoms with Crippen LogP contribution in [0, 0.1) is 0 Å². The van der Waals surface area contributed by atoms with Crippen molar-refractivity contribution in [3.63, 3.8) is 0 Å². The zero-order valence-corrected chi connectivity index (χ0v) is 8.02. The first-order valence-corrected chi connectivity index (χ1v) is 4.59. The molecule has 2 heteroatoms. The quantitative estimate of drug-likeness (QED) is 0.468. The Morgan fingerprint density at radius 2 is 1.82 bits per heavy atom. The van der Waals surface area contributed by atoms with Gasteiger partial charge in [0.15, 0.2) is 0 Å². The maximum Gasteiger partial charge on any atom is 0.207 e. The molecule has 0 radical (unpaired) electrons. The van der Waals surface area contributed by atoms with E-state index >= 15 is 0 Å². The Bertz CT molecular complexity index is 64.6. The predicted molar refractivity (Wildman–Crippen MR) is 49.6 cm³/mol. The van der Waals surface area contributed by atoms with Crippen molar-refractivity contribution in [1.29, 1.82) is 0 Å². The Morgan fingerprint density at radius 3 is 2.27 bits per heavy atom. The molecule has 1 N–H and O–H groups in total. The van der Waals surface area contributed by atoms with Gasteiger partial charge in [0.1, 0.15) is 0 Å². The van der Waals surface area contributed by atoms with Crippen molar-refractivity contribution in [3.05, 3.63) is 0 Å². The summed E-state index contributed by atoms with van der Waals surface area (Å²) in [5.41, 5.74) is 0. The number of hydrogen-bond donors (Lipinski definition) is 1. The highest BCUT2D eigenvalue weighted by Crippen LogP contribution is 1.96. The van der Waals surface area contributed by atoms with Gasteiger partial charge in [0.2, 0.25) is 6.41 Å². The zero-order chi connectivity index (χ0) is 8.95. The minimum Gasteiger partial charge on any atom is -0.359 e. The standard InChI is InChI=1S/C7H15NO.C2H6/c1-2-3-4-5-6-8-7-9;1-2/h7H,2-6H2,1H3,(H,8,9);1-2H3. The first-order chi connectivity index (χ1) is 5.41. The maximum absolute atomic E-state index is 9.73. The summed E-state index contributed by atoms with van der Waals surface area (Å²) < 4.78 is 0. The molecule has 0 aromatic rings. The number of amides is 1. The lowest BCUT2D eigenvalue weighted by Crippen LogP contribution is -2.11. The van der Waals surface area contributed by atoms with Crippen LogP contribution in [0.4, 0.5) is 0 Å². The van der Waals surface area contributed by atoms with E-state index in [0.29, 0.717) is 0 Å². The van der Waals surface area contributed by atoms with Gasteiger partial charge in [-0.15, -0.1) is 0 Å². The molecule has 0 bridgehead atoms. The lowest BCUT2D eigenvalue weighted by Gasteiger charge is -1.96. The Morgan fingerprint density at radius 1 is 1.18 bits per heavy atom. The van der Waals surface area contributed by atoms with Crippen molar-refractivity contribution in [3.8, 4) is 0 Å². The van der Waals surface area contributed by atoms with Crippen LogP contribution >= 0.6 is 0 Å². The van der Waals surface area contributed by atoms with Gasteiger partial charge >= 0.3 is 0 Å². The summed E-state index contributed by atoms with van der Waals surface area (Å²) in [5.74, 6) is 0. The van der Waals surface area contributed by atoms with E-state index in [0.717, 1.165) is 19.4 Å². The molecule has 0 rings (SSSR count). The van der Waals surface area contributed by atoms with Crippen molar-refractivity contribution in [2.45, 2.75) is 46.5 Å². The number of unbranched alkanes of at least 4 members (excludes halogenated alkanes) is 3. The Labute approximate surface area is 70.4 Å². The van der Waals surface area contributed by atoms with Crippen molar-refractivity contribution < 1.29 is 4.79 Å². The Hall–Kier alpha value is -0.530. The lowest BCUT2D eigenvalue weighted by molar-refractivity contribution is -0.109. The molecule has 0 aliphatic heterocycles. The third-order valence-corrected chi connectivity index (χ3v) is 1.26. The second-order valence-corrected chi connectivity index (χ2v) is 2.13. The highest BCUT2D eigenvalue weighted by molar-refractivity contribution is 5.45. The molecule has 0 unspecified atom stereocenters. The average Bonchev–Trinajstić information content (AvgIpc) is 2.08. The van der Waals surface area contributed by atoms with E-state index in [1.807, 2.05) is 13.8 Å². The van der Waals surface area contributed by atoms with Gasteiger partial charge in [-0.25, -0.2) is 0 Å². The Kier molecular flexibility index (Phi) is 19.3. The van der Waals surface area contributed by atoms with Crippen LogP contribution in [-0.4, -0.2) is 13.0 Å². The second-order valence-electron chi connectivity index (χ2n) is 2.13. The summed E-state index contributed by atoms with van der Waals surface area (Å²) in [7, 11) is 0. The fraction of sp³-hybridized carbons (Fsp3) is 0.889. The van der Waals surface area contributed by atoms with Crippen LogP contribution in [0.2, 0.25) is 0 Å². The molecule has 0 fully saturated rings. The van der Waals surface area contributed by atoms with Gasteiger partial charge in [0.25, 0.3) is 0 Å². The summed E-state index contributed by atoms with van der Waals surface area (Å²) in [6.45, 7) is 7.01. The number of carbonyl (C=O) groups is 1. The Balaban J connectivity index is 0. The topological polar surface area (TPSA) is 29.1 Å². The first-order valence-electron chi connectivity index (χ1n) is 4.59. The van der Waals surface area contributed by atoms with Crippen LogP contribution in [0.25, 0.3) is 0 Å². The molecule has 0 aromatic heterocycles. The van der Waals surface area contributed by atoms with E-state index < -0.39 is 0 Å². The monoisotopic (exact) mass is 159 g/mol. The van der Waals surface area contributed by atoms with Crippen LogP contribution < -0.4 is 5.32 Å². The summed E-state index contributed by atoms with van der Waals surface area (Å²) in [5, 5.41) is 2.63. The minimum atomic E-state index is 0.756. The molecular formula is C9H21NO. The molecule has 0 saturated carbocycles. The predicted octanol–water partition coefficient (Wildman–Crippen LogP) is 2.34. The van der Waals surface area contributed by atoms with Crippen LogP contribution in [0.5, 0.6) is 0 Å². The first kappa shape index (κ1) is 13.1. The van der Waals surface area contributed by atoms with E-state index in [1.165, 1.54) is 19.3 Å². The highest BCUT2D eigenvalue weighted by atomic mass is 16.1. The van der Waals surface area contributed by atoms with Crippen LogP contribution in [-0.2, 0) is 4.79 Å². The van der Waals surface area contributed by atoms with Gasteiger partial charge in [0, 0.05) is 6.54 Å². The maximum atomic E-state index is 9.73. The van der Waals surface area contributed by atoms with E-state index in [1.54, 1.807) is 0 Å². The lowest BCUT2D eigenvalue weighted by atomic mass is 10.2. The number of nitrogens with one attached hydrogen (secondary N) is 1. The fourth-order valence-corrected chi connectivity index (χ4v) is 0.713. The van der Waals surface area contributed by atoms with Crippen molar-refractivity contribution in [1.82, 2.24) is 5.32 Å². The minimum absolute atomic E-state index is 0.756. The molecule has 0 aliphatic carbocycles. The molecule has 11 heavy (non-hydrogen) atoms. The van der Waals surface area contributed by atoms with Gasteiger partial charge in [-0.1, -0.05) is 40.0 Å². The molecule has 0 saturated heterocycles. The highest BCUT2D eigenvalue weighted by Gasteiger charge is 1.84. The smallest absolute Gasteiger partial charge is 0.207 e. The number of carbonyl (C=O) groups excluding carboxylic acids is 1. The number of rotatable bonds is 6. The third-order valence-electron chi connectivity index (χ3n) is 1.26. The van der Waals surface area contributed by atoms with Crippen LogP contribution in [0.3, 0.4) is 0 Å². The summed E-state index contributed by atoms with van der Waals surface area (Å²) in [6.07, 6.45) is 5.64. The van der Waals surface area contributed by atoms with E-state index in [9.17, 15) is 4.79 Å². The molecule has 0 atom stereocenters. The summed E-state index contributed by atoms with van der Waals surface area (Å²) in [6, 6.07) is 0. The van der Waals surface area contributed by atoms with Gasteiger partial charge in [-0.05, 0) is 6.42 Å². The molecule has 68 valence electrons. The molecule has 0 spiro atoms. The van der Waals surface area contributed by atoms with Gasteiger partial charge in [-0.2, -0.15) is 0 Å². The molecule has 0 aromatic carbocycles. The molecular weight excluding hydrogens is 138 g/mol. The SMILES string of the molecule is CC.CCCCCCNC=O. The normalized spacial score (nSPS) is 7.91. The largest absolute Gasteiger partial charge is 0.359 e. The second kappa shape index (κ2) is 16.2. The van der Waals surface area contributed by atoms with Crippen molar-refractivity contribution in [2.24, 2.45) is 0 Å². The van der Waals surface area contributed by atoms with E-state index in [4.69, 9.17) is 0 Å².